The molecule has 0 unspecified atom stereocenters. The third kappa shape index (κ3) is 3.25. The first-order valence-corrected chi connectivity index (χ1v) is 6.52. The number of rotatable bonds is 6. The summed E-state index contributed by atoms with van der Waals surface area (Å²) in [6.07, 6.45) is 4.09. The number of carboxylic acids is 1. The van der Waals surface area contributed by atoms with Gasteiger partial charge in [0.05, 0.1) is 5.75 Å². The quantitative estimate of drug-likeness (QED) is 0.707. The molecular formula is C10H13N5O3S. The van der Waals surface area contributed by atoms with Crippen LogP contribution in [0.1, 0.15) is 5.82 Å². The molecule has 19 heavy (non-hydrogen) atoms. The van der Waals surface area contributed by atoms with Gasteiger partial charge in [-0.05, 0) is 0 Å². The maximum Gasteiger partial charge on any atom is 0.343 e. The van der Waals surface area contributed by atoms with Crippen LogP contribution >= 0.6 is 11.8 Å². The normalized spacial score (nSPS) is 10.8. The second-order valence-corrected chi connectivity index (χ2v) is 4.79. The van der Waals surface area contributed by atoms with Gasteiger partial charge >= 0.3 is 11.7 Å². The number of imidazole rings is 1. The number of nitrogens with zero attached hydrogens (tertiary/aromatic N) is 4. The average molecular weight is 283 g/mol. The first-order valence-electron chi connectivity index (χ1n) is 5.54. The topological polar surface area (TPSA) is 106 Å². The van der Waals surface area contributed by atoms with E-state index < -0.39 is 5.97 Å². The van der Waals surface area contributed by atoms with Crippen LogP contribution in [0.15, 0.2) is 22.3 Å². The van der Waals surface area contributed by atoms with Crippen molar-refractivity contribution in [3.05, 3.63) is 28.7 Å². The van der Waals surface area contributed by atoms with E-state index in [1.807, 2.05) is 17.8 Å². The highest BCUT2D eigenvalue weighted by molar-refractivity contribution is 7.99. The van der Waals surface area contributed by atoms with E-state index in [0.29, 0.717) is 18.1 Å². The van der Waals surface area contributed by atoms with Crippen molar-refractivity contribution in [2.45, 2.75) is 18.1 Å². The summed E-state index contributed by atoms with van der Waals surface area (Å²) in [7, 11) is 1.88. The number of carbonyl (C=O) groups is 1. The molecule has 2 heterocycles. The fraction of sp³-hybridized carbons (Fsp3) is 0.400. The second kappa shape index (κ2) is 5.74. The number of hydrogen-bond donors (Lipinski definition) is 2. The number of nitrogens with one attached hydrogen (secondary N) is 1. The summed E-state index contributed by atoms with van der Waals surface area (Å²) in [6, 6.07) is 0. The van der Waals surface area contributed by atoms with Crippen molar-refractivity contribution in [2.75, 3.05) is 5.75 Å². The number of aryl methyl sites for hydroxylation is 2. The fourth-order valence-electron chi connectivity index (χ4n) is 1.59. The summed E-state index contributed by atoms with van der Waals surface area (Å²) in [5.41, 5.74) is -0.345. The molecule has 0 aliphatic carbocycles. The van der Waals surface area contributed by atoms with E-state index in [1.54, 1.807) is 6.20 Å². The van der Waals surface area contributed by atoms with Crippen LogP contribution in [0.3, 0.4) is 0 Å². The molecule has 2 aromatic heterocycles. The highest BCUT2D eigenvalue weighted by Gasteiger charge is 2.11. The molecule has 0 saturated carbocycles. The van der Waals surface area contributed by atoms with Crippen molar-refractivity contribution >= 4 is 17.7 Å². The number of carboxylic acid groups (broad SMARTS) is 1. The maximum absolute atomic E-state index is 11.6. The van der Waals surface area contributed by atoms with E-state index in [0.717, 1.165) is 17.6 Å². The molecular weight excluding hydrogens is 270 g/mol. The number of aromatic nitrogens is 5. The smallest absolute Gasteiger partial charge is 0.343 e. The lowest BCUT2D eigenvalue weighted by atomic mass is 10.4. The SMILES string of the molecule is Cn1ccnc1CCn1c(SCC(=O)O)n[nH]c1=O. The number of hydrogen-bond acceptors (Lipinski definition) is 5. The summed E-state index contributed by atoms with van der Waals surface area (Å²) in [5, 5.41) is 15.1. The van der Waals surface area contributed by atoms with Gasteiger partial charge < -0.3 is 9.67 Å². The number of H-pyrrole nitrogens is 1. The lowest BCUT2D eigenvalue weighted by Gasteiger charge is -2.04. The molecule has 0 atom stereocenters. The minimum absolute atomic E-state index is 0.132. The van der Waals surface area contributed by atoms with Crippen molar-refractivity contribution in [3.8, 4) is 0 Å². The van der Waals surface area contributed by atoms with E-state index >= 15 is 0 Å². The van der Waals surface area contributed by atoms with Crippen molar-refractivity contribution < 1.29 is 9.90 Å². The molecule has 0 fully saturated rings. The molecule has 0 spiro atoms. The second-order valence-electron chi connectivity index (χ2n) is 3.85. The molecule has 9 heteroatoms. The zero-order valence-electron chi connectivity index (χ0n) is 10.2. The zero-order valence-corrected chi connectivity index (χ0v) is 11.1. The van der Waals surface area contributed by atoms with Crippen LogP contribution in [-0.2, 0) is 24.8 Å². The fourth-order valence-corrected chi connectivity index (χ4v) is 2.28. The third-order valence-corrected chi connectivity index (χ3v) is 3.49. The molecule has 0 saturated heterocycles. The van der Waals surface area contributed by atoms with Crippen molar-refractivity contribution in [1.29, 1.82) is 0 Å². The Morgan fingerprint density at radius 1 is 1.58 bits per heavy atom. The molecule has 0 aliphatic rings. The summed E-state index contributed by atoms with van der Waals surface area (Å²) in [5.74, 6) is -0.231. The summed E-state index contributed by atoms with van der Waals surface area (Å²) in [6.45, 7) is 0.405. The predicted octanol–water partition coefficient (Wildman–Crippen LogP) is -0.276. The van der Waals surface area contributed by atoms with Gasteiger partial charge in [-0.3, -0.25) is 9.36 Å². The Hall–Kier alpha value is -2.03. The Labute approximate surface area is 112 Å². The first-order chi connectivity index (χ1) is 9.08. The van der Waals surface area contributed by atoms with Gasteiger partial charge in [0.15, 0.2) is 5.16 Å². The lowest BCUT2D eigenvalue weighted by Crippen LogP contribution is -2.20. The van der Waals surface area contributed by atoms with Crippen LogP contribution < -0.4 is 5.69 Å². The monoisotopic (exact) mass is 283 g/mol. The van der Waals surface area contributed by atoms with Gasteiger partial charge in [-0.25, -0.2) is 14.9 Å². The van der Waals surface area contributed by atoms with E-state index in [2.05, 4.69) is 15.2 Å². The number of thioether (sulfide) groups is 1. The number of aromatic amines is 1. The summed E-state index contributed by atoms with van der Waals surface area (Å²) in [4.78, 5) is 26.3. The van der Waals surface area contributed by atoms with Crippen LogP contribution in [0, 0.1) is 0 Å². The van der Waals surface area contributed by atoms with Gasteiger partial charge in [-0.15, -0.1) is 5.10 Å². The van der Waals surface area contributed by atoms with E-state index in [1.165, 1.54) is 4.57 Å². The Morgan fingerprint density at radius 2 is 2.37 bits per heavy atom. The third-order valence-electron chi connectivity index (χ3n) is 2.53. The van der Waals surface area contributed by atoms with E-state index in [4.69, 9.17) is 5.11 Å². The molecule has 102 valence electrons. The molecule has 2 rings (SSSR count). The molecule has 0 aliphatic heterocycles. The predicted molar refractivity (Wildman–Crippen MR) is 68.1 cm³/mol. The van der Waals surface area contributed by atoms with Gasteiger partial charge in [0.25, 0.3) is 0 Å². The van der Waals surface area contributed by atoms with Crippen molar-refractivity contribution in [2.24, 2.45) is 7.05 Å². The average Bonchev–Trinajstić information content (AvgIpc) is 2.91. The maximum atomic E-state index is 11.6. The van der Waals surface area contributed by atoms with E-state index in [-0.39, 0.29) is 11.4 Å². The van der Waals surface area contributed by atoms with Crippen molar-refractivity contribution in [3.63, 3.8) is 0 Å². The Kier molecular flexibility index (Phi) is 4.05. The van der Waals surface area contributed by atoms with Crippen LogP contribution in [0.4, 0.5) is 0 Å². The van der Waals surface area contributed by atoms with Crippen LogP contribution in [0.2, 0.25) is 0 Å². The number of aliphatic carboxylic acids is 1. The Balaban J connectivity index is 2.07. The molecule has 0 aromatic carbocycles. The van der Waals surface area contributed by atoms with Crippen LogP contribution in [-0.4, -0.2) is 41.1 Å². The van der Waals surface area contributed by atoms with Gasteiger partial charge in [-0.2, -0.15) is 0 Å². The van der Waals surface area contributed by atoms with Gasteiger partial charge in [0, 0.05) is 32.4 Å². The highest BCUT2D eigenvalue weighted by atomic mass is 32.2. The molecule has 2 N–H and O–H groups in total. The lowest BCUT2D eigenvalue weighted by molar-refractivity contribution is -0.133. The molecule has 0 amide bonds. The van der Waals surface area contributed by atoms with Gasteiger partial charge in [0.2, 0.25) is 0 Å². The summed E-state index contributed by atoms with van der Waals surface area (Å²) >= 11 is 1.01. The highest BCUT2D eigenvalue weighted by Crippen LogP contribution is 2.13. The minimum atomic E-state index is -0.948. The first kappa shape index (κ1) is 13.4. The Morgan fingerprint density at radius 3 is 3.00 bits per heavy atom. The zero-order chi connectivity index (χ0) is 13.8. The van der Waals surface area contributed by atoms with Gasteiger partial charge in [-0.1, -0.05) is 11.8 Å². The van der Waals surface area contributed by atoms with Crippen LogP contribution in [0.5, 0.6) is 0 Å². The summed E-state index contributed by atoms with van der Waals surface area (Å²) < 4.78 is 3.29. The minimum Gasteiger partial charge on any atom is -0.481 e. The molecule has 2 aromatic rings. The van der Waals surface area contributed by atoms with Gasteiger partial charge in [0.1, 0.15) is 5.82 Å². The van der Waals surface area contributed by atoms with Crippen LogP contribution in [0.25, 0.3) is 0 Å². The molecule has 0 bridgehead atoms. The Bertz CT molecular complexity index is 629. The van der Waals surface area contributed by atoms with Crippen molar-refractivity contribution in [1.82, 2.24) is 24.3 Å². The standard InChI is InChI=1S/C10H13N5O3S/c1-14-5-3-11-7(14)2-4-15-9(18)12-13-10(15)19-6-8(16)17/h3,5H,2,4,6H2,1H3,(H,12,18)(H,16,17). The largest absolute Gasteiger partial charge is 0.481 e. The molecule has 8 nitrogen and oxygen atoms in total. The molecule has 0 radical (unpaired) electrons. The van der Waals surface area contributed by atoms with E-state index in [9.17, 15) is 9.59 Å².